The minimum atomic E-state index is 0.288. The fourth-order valence-corrected chi connectivity index (χ4v) is 1.90. The van der Waals surface area contributed by atoms with Gasteiger partial charge in [0.25, 0.3) is 0 Å². The van der Waals surface area contributed by atoms with Crippen LogP contribution >= 0.6 is 0 Å². The monoisotopic (exact) mass is 239 g/mol. The molecule has 0 atom stereocenters. The Balaban J connectivity index is 1.92. The van der Waals surface area contributed by atoms with Gasteiger partial charge in [0.05, 0.1) is 0 Å². The molecule has 0 unspecified atom stereocenters. The number of rotatable bonds is 2. The normalized spacial score (nSPS) is 13.7. The van der Waals surface area contributed by atoms with Crippen LogP contribution in [0.1, 0.15) is 11.1 Å². The maximum absolute atomic E-state index is 6.06. The highest BCUT2D eigenvalue weighted by Gasteiger charge is 2.12. The Hall–Kier alpha value is -2.42. The summed E-state index contributed by atoms with van der Waals surface area (Å²) in [6.07, 6.45) is 1.93. The minimum absolute atomic E-state index is 0.288. The van der Waals surface area contributed by atoms with Crippen molar-refractivity contribution >= 4 is 11.8 Å². The van der Waals surface area contributed by atoms with Crippen LogP contribution in [-0.4, -0.2) is 6.79 Å². The molecule has 3 nitrogen and oxygen atoms in total. The lowest BCUT2D eigenvalue weighted by Crippen LogP contribution is -1.95. The first kappa shape index (κ1) is 10.7. The molecule has 1 heterocycles. The van der Waals surface area contributed by atoms with Crippen molar-refractivity contribution in [3.05, 3.63) is 59.7 Å². The average Bonchev–Trinajstić information content (AvgIpc) is 2.87. The van der Waals surface area contributed by atoms with Crippen LogP contribution in [0.25, 0.3) is 11.8 Å². The standard InChI is InChI=1S/C15H13NO2/c16-13(12-4-2-1-3-5-12)8-11-6-7-14-15(9-11)18-10-17-14/h1-9H,10,16H2/b13-8-. The Morgan fingerprint density at radius 2 is 1.78 bits per heavy atom. The van der Waals surface area contributed by atoms with Crippen LogP contribution in [0.4, 0.5) is 0 Å². The van der Waals surface area contributed by atoms with Crippen molar-refractivity contribution < 1.29 is 9.47 Å². The summed E-state index contributed by atoms with van der Waals surface area (Å²) in [5.74, 6) is 1.55. The summed E-state index contributed by atoms with van der Waals surface area (Å²) in [5, 5.41) is 0. The Morgan fingerprint density at radius 3 is 2.61 bits per heavy atom. The van der Waals surface area contributed by atoms with E-state index in [1.807, 2.05) is 54.6 Å². The SMILES string of the molecule is N/C(=C\c1ccc2c(c1)OCO2)c1ccccc1. The number of hydrogen-bond acceptors (Lipinski definition) is 3. The van der Waals surface area contributed by atoms with Gasteiger partial charge in [0.15, 0.2) is 11.5 Å². The summed E-state index contributed by atoms with van der Waals surface area (Å²) in [6.45, 7) is 0.288. The first-order valence-electron chi connectivity index (χ1n) is 5.75. The van der Waals surface area contributed by atoms with Crippen molar-refractivity contribution in [3.63, 3.8) is 0 Å². The van der Waals surface area contributed by atoms with Crippen LogP contribution in [-0.2, 0) is 0 Å². The second-order valence-electron chi connectivity index (χ2n) is 4.08. The zero-order valence-corrected chi connectivity index (χ0v) is 9.80. The molecule has 0 fully saturated rings. The zero-order valence-electron chi connectivity index (χ0n) is 9.80. The molecule has 1 aliphatic rings. The van der Waals surface area contributed by atoms with E-state index >= 15 is 0 Å². The summed E-state index contributed by atoms with van der Waals surface area (Å²) in [5.41, 5.74) is 8.80. The van der Waals surface area contributed by atoms with Crippen molar-refractivity contribution in [3.8, 4) is 11.5 Å². The predicted molar refractivity (Wildman–Crippen MR) is 71.1 cm³/mol. The topological polar surface area (TPSA) is 44.5 Å². The molecule has 0 aliphatic carbocycles. The zero-order chi connectivity index (χ0) is 12.4. The molecule has 0 saturated heterocycles. The van der Waals surface area contributed by atoms with Crippen molar-refractivity contribution in [2.75, 3.05) is 6.79 Å². The van der Waals surface area contributed by atoms with E-state index in [0.717, 1.165) is 28.3 Å². The summed E-state index contributed by atoms with van der Waals surface area (Å²) in [7, 11) is 0. The lowest BCUT2D eigenvalue weighted by Gasteiger charge is -2.02. The number of fused-ring (bicyclic) bond motifs is 1. The van der Waals surface area contributed by atoms with E-state index in [9.17, 15) is 0 Å². The van der Waals surface area contributed by atoms with Crippen LogP contribution in [0.15, 0.2) is 48.5 Å². The first-order valence-corrected chi connectivity index (χ1v) is 5.75. The molecule has 0 radical (unpaired) electrons. The predicted octanol–water partition coefficient (Wildman–Crippen LogP) is 2.87. The fourth-order valence-electron chi connectivity index (χ4n) is 1.90. The van der Waals surface area contributed by atoms with E-state index in [-0.39, 0.29) is 6.79 Å². The summed E-state index contributed by atoms with van der Waals surface area (Å²) in [6, 6.07) is 15.7. The van der Waals surface area contributed by atoms with Crippen molar-refractivity contribution in [1.29, 1.82) is 0 Å². The Morgan fingerprint density at radius 1 is 1.00 bits per heavy atom. The van der Waals surface area contributed by atoms with E-state index in [2.05, 4.69) is 0 Å². The molecule has 2 aromatic rings. The molecular weight excluding hydrogens is 226 g/mol. The highest BCUT2D eigenvalue weighted by molar-refractivity contribution is 5.79. The first-order chi connectivity index (χ1) is 8.83. The maximum Gasteiger partial charge on any atom is 0.231 e. The van der Waals surface area contributed by atoms with Crippen molar-refractivity contribution in [2.24, 2.45) is 5.73 Å². The quantitative estimate of drug-likeness (QED) is 0.819. The van der Waals surface area contributed by atoms with Crippen molar-refractivity contribution in [1.82, 2.24) is 0 Å². The molecule has 0 amide bonds. The Kier molecular flexibility index (Phi) is 2.65. The molecule has 0 bridgehead atoms. The summed E-state index contributed by atoms with van der Waals surface area (Å²) < 4.78 is 10.6. The smallest absolute Gasteiger partial charge is 0.231 e. The molecule has 2 aromatic carbocycles. The summed E-state index contributed by atoms with van der Waals surface area (Å²) in [4.78, 5) is 0. The van der Waals surface area contributed by atoms with E-state index in [0.29, 0.717) is 0 Å². The largest absolute Gasteiger partial charge is 0.454 e. The second kappa shape index (κ2) is 4.45. The third kappa shape index (κ3) is 2.02. The van der Waals surface area contributed by atoms with Gasteiger partial charge < -0.3 is 15.2 Å². The maximum atomic E-state index is 6.06. The van der Waals surface area contributed by atoms with Crippen LogP contribution in [0, 0.1) is 0 Å². The van der Waals surface area contributed by atoms with Crippen LogP contribution < -0.4 is 15.2 Å². The van der Waals surface area contributed by atoms with Gasteiger partial charge in [-0.15, -0.1) is 0 Å². The fraction of sp³-hybridized carbons (Fsp3) is 0.0667. The van der Waals surface area contributed by atoms with Gasteiger partial charge in [0, 0.05) is 5.70 Å². The molecule has 0 aromatic heterocycles. The number of benzene rings is 2. The van der Waals surface area contributed by atoms with Gasteiger partial charge >= 0.3 is 0 Å². The Bertz CT molecular complexity index is 591. The number of nitrogens with two attached hydrogens (primary N) is 1. The second-order valence-corrected chi connectivity index (χ2v) is 4.08. The third-order valence-corrected chi connectivity index (χ3v) is 2.83. The van der Waals surface area contributed by atoms with Gasteiger partial charge in [-0.25, -0.2) is 0 Å². The Labute approximate surface area is 105 Å². The molecular formula is C15H13NO2. The lowest BCUT2D eigenvalue weighted by atomic mass is 10.1. The average molecular weight is 239 g/mol. The molecule has 0 saturated carbocycles. The lowest BCUT2D eigenvalue weighted by molar-refractivity contribution is 0.174. The molecule has 18 heavy (non-hydrogen) atoms. The number of hydrogen-bond donors (Lipinski definition) is 1. The van der Waals surface area contributed by atoms with Gasteiger partial charge in [-0.2, -0.15) is 0 Å². The van der Waals surface area contributed by atoms with E-state index in [1.54, 1.807) is 0 Å². The highest BCUT2D eigenvalue weighted by Crippen LogP contribution is 2.33. The third-order valence-electron chi connectivity index (χ3n) is 2.83. The van der Waals surface area contributed by atoms with Crippen molar-refractivity contribution in [2.45, 2.75) is 0 Å². The van der Waals surface area contributed by atoms with Crippen LogP contribution in [0.5, 0.6) is 11.5 Å². The molecule has 90 valence electrons. The summed E-state index contributed by atoms with van der Waals surface area (Å²) >= 11 is 0. The number of ether oxygens (including phenoxy) is 2. The van der Waals surface area contributed by atoms with Gasteiger partial charge in [0.1, 0.15) is 0 Å². The minimum Gasteiger partial charge on any atom is -0.454 e. The van der Waals surface area contributed by atoms with E-state index in [1.165, 1.54) is 0 Å². The molecule has 2 N–H and O–H groups in total. The highest BCUT2D eigenvalue weighted by atomic mass is 16.7. The van der Waals surface area contributed by atoms with Gasteiger partial charge in [-0.3, -0.25) is 0 Å². The van der Waals surface area contributed by atoms with Crippen LogP contribution in [0.2, 0.25) is 0 Å². The molecule has 3 heteroatoms. The molecule has 1 aliphatic heterocycles. The van der Waals surface area contributed by atoms with Gasteiger partial charge in [-0.1, -0.05) is 36.4 Å². The van der Waals surface area contributed by atoms with Gasteiger partial charge in [0.2, 0.25) is 6.79 Å². The van der Waals surface area contributed by atoms with Gasteiger partial charge in [-0.05, 0) is 29.3 Å². The molecule has 0 spiro atoms. The molecule has 3 rings (SSSR count). The van der Waals surface area contributed by atoms with Crippen LogP contribution in [0.3, 0.4) is 0 Å². The van der Waals surface area contributed by atoms with E-state index < -0.39 is 0 Å². The van der Waals surface area contributed by atoms with E-state index in [4.69, 9.17) is 15.2 Å².